The van der Waals surface area contributed by atoms with Crippen LogP contribution in [0.15, 0.2) is 0 Å². The van der Waals surface area contributed by atoms with E-state index in [1.54, 1.807) is 0 Å². The standard InChI is InChI=1S/C18H37N3/c1-5-8-20-9-11-21(12-10-20)17-13-16(18(2,3)4)7-6-15(17)14-19/h15-17H,5-14,19H2,1-4H3. The van der Waals surface area contributed by atoms with Gasteiger partial charge in [0.1, 0.15) is 0 Å². The predicted molar refractivity (Wildman–Crippen MR) is 91.4 cm³/mol. The minimum absolute atomic E-state index is 0.446. The van der Waals surface area contributed by atoms with Gasteiger partial charge in [-0.05, 0) is 56.0 Å². The summed E-state index contributed by atoms with van der Waals surface area (Å²) in [5.41, 5.74) is 6.54. The van der Waals surface area contributed by atoms with Crippen LogP contribution < -0.4 is 5.73 Å². The van der Waals surface area contributed by atoms with Gasteiger partial charge in [0.15, 0.2) is 0 Å². The Labute approximate surface area is 132 Å². The van der Waals surface area contributed by atoms with E-state index >= 15 is 0 Å². The second-order valence-corrected chi connectivity index (χ2v) is 8.32. The molecule has 0 radical (unpaired) electrons. The molecule has 0 aromatic rings. The number of rotatable bonds is 4. The second-order valence-electron chi connectivity index (χ2n) is 8.32. The van der Waals surface area contributed by atoms with E-state index in [0.29, 0.717) is 5.41 Å². The molecule has 0 spiro atoms. The molecule has 1 heterocycles. The zero-order valence-electron chi connectivity index (χ0n) is 14.8. The van der Waals surface area contributed by atoms with Crippen molar-refractivity contribution < 1.29 is 0 Å². The molecule has 0 bridgehead atoms. The fraction of sp³-hybridized carbons (Fsp3) is 1.00. The van der Waals surface area contributed by atoms with Gasteiger partial charge < -0.3 is 10.6 Å². The highest BCUT2D eigenvalue weighted by Gasteiger charge is 2.38. The van der Waals surface area contributed by atoms with E-state index in [4.69, 9.17) is 5.73 Å². The number of hydrogen-bond acceptors (Lipinski definition) is 3. The van der Waals surface area contributed by atoms with Crippen molar-refractivity contribution >= 4 is 0 Å². The van der Waals surface area contributed by atoms with Crippen molar-refractivity contribution in [2.45, 2.75) is 59.4 Å². The van der Waals surface area contributed by atoms with E-state index < -0.39 is 0 Å². The van der Waals surface area contributed by atoms with Gasteiger partial charge in [0, 0.05) is 32.2 Å². The van der Waals surface area contributed by atoms with Gasteiger partial charge in [-0.3, -0.25) is 4.90 Å². The Morgan fingerprint density at radius 2 is 1.71 bits per heavy atom. The molecule has 2 rings (SSSR count). The minimum atomic E-state index is 0.446. The third-order valence-corrected chi connectivity index (χ3v) is 5.90. The molecule has 1 aliphatic heterocycles. The lowest BCUT2D eigenvalue weighted by molar-refractivity contribution is 0.0160. The molecule has 1 aliphatic carbocycles. The third-order valence-electron chi connectivity index (χ3n) is 5.90. The van der Waals surface area contributed by atoms with Crippen molar-refractivity contribution in [1.29, 1.82) is 0 Å². The van der Waals surface area contributed by atoms with Crippen molar-refractivity contribution in [3.63, 3.8) is 0 Å². The molecule has 3 heteroatoms. The summed E-state index contributed by atoms with van der Waals surface area (Å²) in [6, 6.07) is 0.733. The zero-order valence-corrected chi connectivity index (χ0v) is 14.8. The van der Waals surface area contributed by atoms with Crippen LogP contribution in [0.3, 0.4) is 0 Å². The Kier molecular flexibility index (Phi) is 6.10. The Morgan fingerprint density at radius 1 is 1.05 bits per heavy atom. The summed E-state index contributed by atoms with van der Waals surface area (Å²) in [6.07, 6.45) is 5.34. The highest BCUT2D eigenvalue weighted by atomic mass is 15.3. The van der Waals surface area contributed by atoms with E-state index in [1.165, 1.54) is 58.4 Å². The molecule has 124 valence electrons. The molecule has 0 aromatic carbocycles. The maximum absolute atomic E-state index is 6.09. The quantitative estimate of drug-likeness (QED) is 0.865. The Balaban J connectivity index is 1.95. The molecule has 1 saturated heterocycles. The minimum Gasteiger partial charge on any atom is -0.330 e. The maximum Gasteiger partial charge on any atom is 0.0139 e. The smallest absolute Gasteiger partial charge is 0.0139 e. The van der Waals surface area contributed by atoms with Gasteiger partial charge in [0.05, 0.1) is 0 Å². The summed E-state index contributed by atoms with van der Waals surface area (Å²) in [4.78, 5) is 5.39. The fourth-order valence-corrected chi connectivity index (χ4v) is 4.35. The average Bonchev–Trinajstić information content (AvgIpc) is 2.47. The van der Waals surface area contributed by atoms with Gasteiger partial charge >= 0.3 is 0 Å². The van der Waals surface area contributed by atoms with Crippen LogP contribution in [0.5, 0.6) is 0 Å². The van der Waals surface area contributed by atoms with Gasteiger partial charge in [-0.1, -0.05) is 27.7 Å². The van der Waals surface area contributed by atoms with Crippen LogP contribution in [-0.2, 0) is 0 Å². The summed E-state index contributed by atoms with van der Waals surface area (Å²) in [6.45, 7) is 16.7. The number of piperazine rings is 1. The first-order chi connectivity index (χ1) is 9.95. The summed E-state index contributed by atoms with van der Waals surface area (Å²) in [5.74, 6) is 1.58. The van der Waals surface area contributed by atoms with Crippen molar-refractivity contribution in [3.8, 4) is 0 Å². The first kappa shape index (κ1) is 17.2. The molecular formula is C18H37N3. The van der Waals surface area contributed by atoms with E-state index in [0.717, 1.165) is 24.4 Å². The highest BCUT2D eigenvalue weighted by molar-refractivity contribution is 4.92. The molecular weight excluding hydrogens is 258 g/mol. The molecule has 3 unspecified atom stereocenters. The van der Waals surface area contributed by atoms with Crippen molar-refractivity contribution in [2.24, 2.45) is 23.0 Å². The normalized spacial score (nSPS) is 33.3. The first-order valence-electron chi connectivity index (χ1n) is 9.12. The van der Waals surface area contributed by atoms with Crippen molar-refractivity contribution in [1.82, 2.24) is 9.80 Å². The van der Waals surface area contributed by atoms with Crippen LogP contribution in [0.1, 0.15) is 53.4 Å². The maximum atomic E-state index is 6.09. The molecule has 21 heavy (non-hydrogen) atoms. The number of nitrogens with zero attached hydrogens (tertiary/aromatic N) is 2. The topological polar surface area (TPSA) is 32.5 Å². The van der Waals surface area contributed by atoms with Crippen LogP contribution in [0.4, 0.5) is 0 Å². The number of nitrogens with two attached hydrogens (primary N) is 1. The summed E-state index contributed by atoms with van der Waals surface area (Å²) >= 11 is 0. The largest absolute Gasteiger partial charge is 0.330 e. The van der Waals surface area contributed by atoms with Crippen LogP contribution >= 0.6 is 0 Å². The third kappa shape index (κ3) is 4.43. The van der Waals surface area contributed by atoms with Crippen LogP contribution in [0.25, 0.3) is 0 Å². The van der Waals surface area contributed by atoms with Crippen molar-refractivity contribution in [2.75, 3.05) is 39.3 Å². The van der Waals surface area contributed by atoms with Crippen LogP contribution in [0, 0.1) is 17.3 Å². The summed E-state index contributed by atoms with van der Waals surface area (Å²) in [5, 5.41) is 0. The van der Waals surface area contributed by atoms with E-state index in [-0.39, 0.29) is 0 Å². The zero-order chi connectivity index (χ0) is 15.5. The lowest BCUT2D eigenvalue weighted by Gasteiger charge is -2.48. The van der Waals surface area contributed by atoms with Crippen LogP contribution in [0.2, 0.25) is 0 Å². The monoisotopic (exact) mass is 295 g/mol. The molecule has 3 nitrogen and oxygen atoms in total. The fourth-order valence-electron chi connectivity index (χ4n) is 4.35. The van der Waals surface area contributed by atoms with E-state index in [2.05, 4.69) is 37.5 Å². The summed E-state index contributed by atoms with van der Waals surface area (Å²) in [7, 11) is 0. The lowest BCUT2D eigenvalue weighted by atomic mass is 9.67. The van der Waals surface area contributed by atoms with Gasteiger partial charge in [-0.15, -0.1) is 0 Å². The van der Waals surface area contributed by atoms with Gasteiger partial charge in [0.2, 0.25) is 0 Å². The van der Waals surface area contributed by atoms with E-state index in [1.807, 2.05) is 0 Å². The molecule has 2 aliphatic rings. The summed E-state index contributed by atoms with van der Waals surface area (Å²) < 4.78 is 0. The van der Waals surface area contributed by atoms with Crippen molar-refractivity contribution in [3.05, 3.63) is 0 Å². The van der Waals surface area contributed by atoms with Gasteiger partial charge in [-0.2, -0.15) is 0 Å². The lowest BCUT2D eigenvalue weighted by Crippen LogP contribution is -2.55. The SMILES string of the molecule is CCCN1CCN(C2CC(C(C)(C)C)CCC2CN)CC1. The first-order valence-corrected chi connectivity index (χ1v) is 9.12. The molecule has 0 amide bonds. The van der Waals surface area contributed by atoms with Gasteiger partial charge in [0.25, 0.3) is 0 Å². The van der Waals surface area contributed by atoms with Gasteiger partial charge in [-0.25, -0.2) is 0 Å². The molecule has 0 aromatic heterocycles. The van der Waals surface area contributed by atoms with E-state index in [9.17, 15) is 0 Å². The Morgan fingerprint density at radius 3 is 2.24 bits per heavy atom. The predicted octanol–water partition coefficient (Wildman–Crippen LogP) is 2.80. The Bertz CT molecular complexity index is 302. The van der Waals surface area contributed by atoms with Crippen LogP contribution in [-0.4, -0.2) is 55.1 Å². The Hall–Kier alpha value is -0.120. The highest BCUT2D eigenvalue weighted by Crippen LogP contribution is 2.41. The molecule has 1 saturated carbocycles. The molecule has 2 fully saturated rings. The average molecular weight is 296 g/mol. The molecule has 3 atom stereocenters. The number of hydrogen-bond donors (Lipinski definition) is 1. The molecule has 2 N–H and O–H groups in total. The second kappa shape index (κ2) is 7.43.